The lowest BCUT2D eigenvalue weighted by Gasteiger charge is -2.42. The SMILES string of the molecule is CNC(C)(CC(C)N1CCC(C(C)(C)C)CC1)C(=O)O. The van der Waals surface area contributed by atoms with Crippen LogP contribution in [0.15, 0.2) is 0 Å². The molecule has 4 heteroatoms. The van der Waals surface area contributed by atoms with Crippen molar-refractivity contribution in [3.63, 3.8) is 0 Å². The Morgan fingerprint density at radius 2 is 1.80 bits per heavy atom. The number of likely N-dealkylation sites (tertiary alicyclic amines) is 1. The Morgan fingerprint density at radius 3 is 2.15 bits per heavy atom. The number of carbonyl (C=O) groups is 1. The van der Waals surface area contributed by atoms with Crippen LogP contribution in [0.2, 0.25) is 0 Å². The van der Waals surface area contributed by atoms with Gasteiger partial charge in [0.25, 0.3) is 0 Å². The van der Waals surface area contributed by atoms with Gasteiger partial charge in [0.2, 0.25) is 0 Å². The first-order valence-electron chi connectivity index (χ1n) is 7.76. The third-order valence-corrected chi connectivity index (χ3v) is 5.11. The Bertz CT molecular complexity index is 330. The van der Waals surface area contributed by atoms with Gasteiger partial charge in [0.15, 0.2) is 0 Å². The van der Waals surface area contributed by atoms with E-state index in [2.05, 4.69) is 37.9 Å². The van der Waals surface area contributed by atoms with Crippen molar-refractivity contribution in [1.82, 2.24) is 10.2 Å². The number of aliphatic carboxylic acids is 1. The Morgan fingerprint density at radius 1 is 1.30 bits per heavy atom. The Kier molecular flexibility index (Phi) is 5.61. The van der Waals surface area contributed by atoms with E-state index in [-0.39, 0.29) is 0 Å². The number of nitrogens with one attached hydrogen (secondary N) is 1. The zero-order valence-electron chi connectivity index (χ0n) is 14.0. The molecule has 0 aromatic rings. The molecule has 1 rings (SSSR count). The van der Waals surface area contributed by atoms with E-state index < -0.39 is 11.5 Å². The zero-order chi connectivity index (χ0) is 15.6. The molecule has 2 unspecified atom stereocenters. The molecule has 0 amide bonds. The van der Waals surface area contributed by atoms with Crippen LogP contribution in [-0.4, -0.2) is 47.7 Å². The number of nitrogens with zero attached hydrogens (tertiary/aromatic N) is 1. The highest BCUT2D eigenvalue weighted by Gasteiger charge is 2.36. The van der Waals surface area contributed by atoms with Gasteiger partial charge in [-0.05, 0) is 64.6 Å². The van der Waals surface area contributed by atoms with E-state index in [1.807, 2.05) is 0 Å². The first kappa shape index (κ1) is 17.4. The molecule has 1 heterocycles. The topological polar surface area (TPSA) is 52.6 Å². The molecule has 0 saturated carbocycles. The van der Waals surface area contributed by atoms with Gasteiger partial charge in [0.1, 0.15) is 5.54 Å². The van der Waals surface area contributed by atoms with Crippen molar-refractivity contribution < 1.29 is 9.90 Å². The molecule has 20 heavy (non-hydrogen) atoms. The second kappa shape index (κ2) is 6.44. The highest BCUT2D eigenvalue weighted by atomic mass is 16.4. The summed E-state index contributed by atoms with van der Waals surface area (Å²) in [7, 11) is 1.73. The van der Waals surface area contributed by atoms with E-state index >= 15 is 0 Å². The van der Waals surface area contributed by atoms with E-state index in [0.29, 0.717) is 17.9 Å². The van der Waals surface area contributed by atoms with Gasteiger partial charge < -0.3 is 15.3 Å². The Hall–Kier alpha value is -0.610. The molecule has 0 aromatic heterocycles. The number of hydrogen-bond acceptors (Lipinski definition) is 3. The maximum atomic E-state index is 11.4. The Labute approximate surface area is 123 Å². The minimum absolute atomic E-state index is 0.296. The molecule has 4 nitrogen and oxygen atoms in total. The Balaban J connectivity index is 2.55. The average molecular weight is 284 g/mol. The third kappa shape index (κ3) is 4.19. The van der Waals surface area contributed by atoms with Crippen LogP contribution in [-0.2, 0) is 4.79 Å². The van der Waals surface area contributed by atoms with Crippen molar-refractivity contribution in [2.45, 2.75) is 65.5 Å². The molecule has 1 saturated heterocycles. The number of carboxylic acid groups (broad SMARTS) is 1. The minimum atomic E-state index is -0.833. The summed E-state index contributed by atoms with van der Waals surface area (Å²) < 4.78 is 0. The van der Waals surface area contributed by atoms with Crippen molar-refractivity contribution in [2.75, 3.05) is 20.1 Å². The van der Waals surface area contributed by atoms with Crippen LogP contribution in [0.4, 0.5) is 0 Å². The fourth-order valence-corrected chi connectivity index (χ4v) is 3.22. The largest absolute Gasteiger partial charge is 0.480 e. The number of piperidine rings is 1. The number of rotatable bonds is 5. The van der Waals surface area contributed by atoms with E-state index in [4.69, 9.17) is 0 Å². The second-order valence-electron chi connectivity index (χ2n) is 7.62. The summed E-state index contributed by atoms with van der Waals surface area (Å²) in [5.74, 6) is 0.0116. The molecule has 2 atom stereocenters. The van der Waals surface area contributed by atoms with Crippen LogP contribution in [0.3, 0.4) is 0 Å². The smallest absolute Gasteiger partial charge is 0.323 e. The number of carboxylic acids is 1. The molecule has 1 aliphatic rings. The summed E-state index contributed by atoms with van der Waals surface area (Å²) >= 11 is 0. The van der Waals surface area contributed by atoms with Gasteiger partial charge in [-0.2, -0.15) is 0 Å². The number of likely N-dealkylation sites (N-methyl/N-ethyl adjacent to an activating group) is 1. The van der Waals surface area contributed by atoms with Gasteiger partial charge in [0.05, 0.1) is 0 Å². The quantitative estimate of drug-likeness (QED) is 0.815. The lowest BCUT2D eigenvalue weighted by atomic mass is 9.75. The van der Waals surface area contributed by atoms with Crippen molar-refractivity contribution in [2.24, 2.45) is 11.3 Å². The molecule has 0 aromatic carbocycles. The summed E-state index contributed by atoms with van der Waals surface area (Å²) in [4.78, 5) is 13.8. The van der Waals surface area contributed by atoms with Crippen molar-refractivity contribution in [3.05, 3.63) is 0 Å². The predicted octanol–water partition coefficient (Wildman–Crippen LogP) is 2.59. The maximum absolute atomic E-state index is 11.4. The second-order valence-corrected chi connectivity index (χ2v) is 7.62. The van der Waals surface area contributed by atoms with E-state index in [9.17, 15) is 9.90 Å². The first-order chi connectivity index (χ1) is 9.10. The summed E-state index contributed by atoms with van der Waals surface area (Å²) in [6, 6.07) is 0.296. The zero-order valence-corrected chi connectivity index (χ0v) is 14.0. The van der Waals surface area contributed by atoms with Crippen molar-refractivity contribution in [1.29, 1.82) is 0 Å². The van der Waals surface area contributed by atoms with Gasteiger partial charge in [-0.15, -0.1) is 0 Å². The molecule has 118 valence electrons. The molecular weight excluding hydrogens is 252 g/mol. The van der Waals surface area contributed by atoms with Crippen LogP contribution in [0.25, 0.3) is 0 Å². The fourth-order valence-electron chi connectivity index (χ4n) is 3.22. The highest BCUT2D eigenvalue weighted by Crippen LogP contribution is 2.35. The van der Waals surface area contributed by atoms with E-state index in [1.54, 1.807) is 14.0 Å². The molecule has 0 bridgehead atoms. The van der Waals surface area contributed by atoms with Crippen LogP contribution in [0.1, 0.15) is 53.9 Å². The minimum Gasteiger partial charge on any atom is -0.480 e. The van der Waals surface area contributed by atoms with Gasteiger partial charge in [0, 0.05) is 6.04 Å². The molecule has 2 N–H and O–H groups in total. The standard InChI is InChI=1S/C16H32N2O2/c1-12(11-16(5,17-6)14(19)20)18-9-7-13(8-10-18)15(2,3)4/h12-13,17H,7-11H2,1-6H3,(H,19,20). The summed E-state index contributed by atoms with van der Waals surface area (Å²) in [6.45, 7) is 13.0. The van der Waals surface area contributed by atoms with Gasteiger partial charge >= 0.3 is 5.97 Å². The van der Waals surface area contributed by atoms with Crippen LogP contribution in [0, 0.1) is 11.3 Å². The maximum Gasteiger partial charge on any atom is 0.323 e. The highest BCUT2D eigenvalue weighted by molar-refractivity contribution is 5.78. The summed E-state index contributed by atoms with van der Waals surface area (Å²) in [5.41, 5.74) is -0.448. The van der Waals surface area contributed by atoms with E-state index in [0.717, 1.165) is 19.0 Å². The van der Waals surface area contributed by atoms with Crippen molar-refractivity contribution >= 4 is 5.97 Å². The summed E-state index contributed by atoms with van der Waals surface area (Å²) in [5, 5.41) is 12.3. The number of hydrogen-bond donors (Lipinski definition) is 2. The molecule has 1 aliphatic heterocycles. The van der Waals surface area contributed by atoms with E-state index in [1.165, 1.54) is 12.8 Å². The molecule has 0 spiro atoms. The normalized spacial score (nSPS) is 23.3. The van der Waals surface area contributed by atoms with Crippen LogP contribution < -0.4 is 5.32 Å². The molecule has 1 fully saturated rings. The molecular formula is C16H32N2O2. The van der Waals surface area contributed by atoms with Gasteiger partial charge in [-0.1, -0.05) is 20.8 Å². The predicted molar refractivity (Wildman–Crippen MR) is 82.9 cm³/mol. The van der Waals surface area contributed by atoms with Gasteiger partial charge in [-0.25, -0.2) is 0 Å². The molecule has 0 aliphatic carbocycles. The summed E-state index contributed by atoms with van der Waals surface area (Å²) in [6.07, 6.45) is 3.08. The lowest BCUT2D eigenvalue weighted by molar-refractivity contribution is -0.144. The third-order valence-electron chi connectivity index (χ3n) is 5.11. The fraction of sp³-hybridized carbons (Fsp3) is 0.938. The van der Waals surface area contributed by atoms with Crippen LogP contribution in [0.5, 0.6) is 0 Å². The average Bonchev–Trinajstić information content (AvgIpc) is 2.37. The lowest BCUT2D eigenvalue weighted by Crippen LogP contribution is -2.53. The first-order valence-corrected chi connectivity index (χ1v) is 7.76. The van der Waals surface area contributed by atoms with Crippen LogP contribution >= 0.6 is 0 Å². The van der Waals surface area contributed by atoms with Crippen molar-refractivity contribution in [3.8, 4) is 0 Å². The molecule has 0 radical (unpaired) electrons. The monoisotopic (exact) mass is 284 g/mol. The van der Waals surface area contributed by atoms with Gasteiger partial charge in [-0.3, -0.25) is 4.79 Å².